The van der Waals surface area contributed by atoms with E-state index in [1.165, 1.54) is 0 Å². The zero-order valence-corrected chi connectivity index (χ0v) is 11.5. The van der Waals surface area contributed by atoms with E-state index in [0.717, 1.165) is 13.0 Å². The summed E-state index contributed by atoms with van der Waals surface area (Å²) in [5.74, 6) is 0.0448. The third-order valence-electron chi connectivity index (χ3n) is 2.08. The molecule has 2 amide bonds. The summed E-state index contributed by atoms with van der Waals surface area (Å²) in [6.07, 6.45) is 2.40. The van der Waals surface area contributed by atoms with E-state index < -0.39 is 0 Å². The number of carbonyl (C=O) groups excluding carboxylic acids is 2. The Morgan fingerprint density at radius 1 is 0.941 bits per heavy atom. The number of carbonyl (C=O) groups is 2. The lowest BCUT2D eigenvalue weighted by molar-refractivity contribution is -0.122. The number of likely N-dealkylation sites (N-methyl/N-ethyl adjacent to an activating group) is 1. The van der Waals surface area contributed by atoms with Crippen molar-refractivity contribution in [1.82, 2.24) is 16.0 Å². The van der Waals surface area contributed by atoms with Crippen LogP contribution >= 0.6 is 12.4 Å². The van der Waals surface area contributed by atoms with E-state index in [9.17, 15) is 9.59 Å². The van der Waals surface area contributed by atoms with Crippen LogP contribution < -0.4 is 16.0 Å². The molecule has 5 nitrogen and oxygen atoms in total. The molecule has 0 radical (unpaired) electrons. The predicted octanol–water partition coefficient (Wildman–Crippen LogP) is 0.440. The van der Waals surface area contributed by atoms with Crippen LogP contribution in [0.1, 0.15) is 32.6 Å². The summed E-state index contributed by atoms with van der Waals surface area (Å²) in [6, 6.07) is 0. The van der Waals surface area contributed by atoms with Gasteiger partial charge >= 0.3 is 0 Å². The second-order valence-corrected chi connectivity index (χ2v) is 3.66. The van der Waals surface area contributed by atoms with Crippen molar-refractivity contribution in [2.75, 3.05) is 26.7 Å². The van der Waals surface area contributed by atoms with Crippen LogP contribution in [0.25, 0.3) is 0 Å². The van der Waals surface area contributed by atoms with E-state index in [-0.39, 0.29) is 24.2 Å². The molecule has 0 bridgehead atoms. The van der Waals surface area contributed by atoms with Crippen LogP contribution in [0.3, 0.4) is 0 Å². The minimum atomic E-state index is 0. The van der Waals surface area contributed by atoms with Gasteiger partial charge in [0.05, 0.1) is 0 Å². The molecule has 0 unspecified atom stereocenters. The van der Waals surface area contributed by atoms with Crippen molar-refractivity contribution >= 4 is 24.2 Å². The number of hydrogen-bond donors (Lipinski definition) is 3. The average molecular weight is 266 g/mol. The fourth-order valence-corrected chi connectivity index (χ4v) is 1.18. The van der Waals surface area contributed by atoms with Gasteiger partial charge in [0.2, 0.25) is 11.8 Å². The largest absolute Gasteiger partial charge is 0.356 e. The van der Waals surface area contributed by atoms with Gasteiger partial charge in [-0.2, -0.15) is 0 Å². The Hall–Kier alpha value is -0.810. The van der Waals surface area contributed by atoms with Gasteiger partial charge in [-0.3, -0.25) is 9.59 Å². The van der Waals surface area contributed by atoms with Crippen molar-refractivity contribution in [2.24, 2.45) is 0 Å². The molecule has 0 saturated carbocycles. The first-order chi connectivity index (χ1) is 7.70. The number of nitrogens with one attached hydrogen (secondary N) is 3. The topological polar surface area (TPSA) is 70.2 Å². The van der Waals surface area contributed by atoms with Crippen LogP contribution in [0.4, 0.5) is 0 Å². The fraction of sp³-hybridized carbons (Fsp3) is 0.818. The normalized spacial score (nSPS) is 9.29. The van der Waals surface area contributed by atoms with Crippen LogP contribution in [0.2, 0.25) is 0 Å². The Balaban J connectivity index is 0. The van der Waals surface area contributed by atoms with E-state index in [1.807, 2.05) is 14.0 Å². The maximum atomic E-state index is 11.2. The highest BCUT2D eigenvalue weighted by Crippen LogP contribution is 1.95. The third-order valence-corrected chi connectivity index (χ3v) is 2.08. The molecule has 0 aliphatic heterocycles. The first-order valence-electron chi connectivity index (χ1n) is 5.88. The molecule has 3 N–H and O–H groups in total. The van der Waals surface area contributed by atoms with E-state index in [4.69, 9.17) is 0 Å². The van der Waals surface area contributed by atoms with E-state index >= 15 is 0 Å². The van der Waals surface area contributed by atoms with E-state index in [2.05, 4.69) is 16.0 Å². The third kappa shape index (κ3) is 13.1. The molecule has 102 valence electrons. The molecular formula is C11H24ClN3O2. The summed E-state index contributed by atoms with van der Waals surface area (Å²) in [5.41, 5.74) is 0. The molecule has 0 aromatic carbocycles. The summed E-state index contributed by atoms with van der Waals surface area (Å²) in [5, 5.41) is 8.49. The van der Waals surface area contributed by atoms with Crippen molar-refractivity contribution in [3.63, 3.8) is 0 Å². The van der Waals surface area contributed by atoms with Crippen molar-refractivity contribution in [3.8, 4) is 0 Å². The van der Waals surface area contributed by atoms with Gasteiger partial charge in [0, 0.05) is 32.5 Å². The zero-order valence-electron chi connectivity index (χ0n) is 10.7. The standard InChI is InChI=1S/C11H23N3O2.ClH/c1-3-7-13-10(15)5-4-6-11(16)14-9-8-12-2;/h12H,3-9H2,1-2H3,(H,13,15)(H,14,16);1H. The lowest BCUT2D eigenvalue weighted by Gasteiger charge is -2.05. The van der Waals surface area contributed by atoms with Crippen molar-refractivity contribution in [2.45, 2.75) is 32.6 Å². The van der Waals surface area contributed by atoms with Crippen LogP contribution in [-0.2, 0) is 9.59 Å². The Labute approximate surface area is 110 Å². The monoisotopic (exact) mass is 265 g/mol. The van der Waals surface area contributed by atoms with E-state index in [1.54, 1.807) is 0 Å². The number of hydrogen-bond acceptors (Lipinski definition) is 3. The average Bonchev–Trinajstić information content (AvgIpc) is 2.26. The van der Waals surface area contributed by atoms with Crippen LogP contribution in [0.5, 0.6) is 0 Å². The summed E-state index contributed by atoms with van der Waals surface area (Å²) in [4.78, 5) is 22.4. The van der Waals surface area contributed by atoms with Gasteiger partial charge < -0.3 is 16.0 Å². The molecule has 17 heavy (non-hydrogen) atoms. The first-order valence-corrected chi connectivity index (χ1v) is 5.88. The SMILES string of the molecule is CCCNC(=O)CCCC(=O)NCCNC.Cl. The lowest BCUT2D eigenvalue weighted by atomic mass is 10.2. The Morgan fingerprint density at radius 2 is 1.47 bits per heavy atom. The van der Waals surface area contributed by atoms with Crippen molar-refractivity contribution in [1.29, 1.82) is 0 Å². The highest BCUT2D eigenvalue weighted by Gasteiger charge is 2.03. The first kappa shape index (κ1) is 18.6. The molecule has 6 heteroatoms. The zero-order chi connectivity index (χ0) is 12.2. The Bertz CT molecular complexity index is 213. The highest BCUT2D eigenvalue weighted by atomic mass is 35.5. The van der Waals surface area contributed by atoms with Gasteiger partial charge in [-0.05, 0) is 19.9 Å². The molecule has 0 heterocycles. The van der Waals surface area contributed by atoms with Crippen LogP contribution in [0.15, 0.2) is 0 Å². The molecule has 0 aliphatic rings. The Morgan fingerprint density at radius 3 is 1.94 bits per heavy atom. The van der Waals surface area contributed by atoms with Gasteiger partial charge in [0.1, 0.15) is 0 Å². The highest BCUT2D eigenvalue weighted by molar-refractivity contribution is 5.85. The van der Waals surface area contributed by atoms with Gasteiger partial charge in [-0.15, -0.1) is 12.4 Å². The quantitative estimate of drug-likeness (QED) is 0.530. The van der Waals surface area contributed by atoms with Crippen molar-refractivity contribution < 1.29 is 9.59 Å². The molecule has 0 atom stereocenters. The maximum absolute atomic E-state index is 11.2. The molecule has 0 saturated heterocycles. The Kier molecular flexibility index (Phi) is 14.5. The molecule has 0 aromatic heterocycles. The van der Waals surface area contributed by atoms with Crippen molar-refractivity contribution in [3.05, 3.63) is 0 Å². The fourth-order valence-electron chi connectivity index (χ4n) is 1.18. The molecule has 0 aliphatic carbocycles. The minimum absolute atomic E-state index is 0. The summed E-state index contributed by atoms with van der Waals surface area (Å²) < 4.78 is 0. The summed E-state index contributed by atoms with van der Waals surface area (Å²) in [6.45, 7) is 4.13. The molecule has 0 spiro atoms. The second kappa shape index (κ2) is 13.3. The van der Waals surface area contributed by atoms with Crippen LogP contribution in [0, 0.1) is 0 Å². The number of amides is 2. The molecule has 0 rings (SSSR count). The molecule has 0 aromatic rings. The summed E-state index contributed by atoms with van der Waals surface area (Å²) >= 11 is 0. The molecular weight excluding hydrogens is 242 g/mol. The van der Waals surface area contributed by atoms with E-state index in [0.29, 0.717) is 32.4 Å². The molecule has 0 fully saturated rings. The van der Waals surface area contributed by atoms with Gasteiger partial charge in [0.15, 0.2) is 0 Å². The van der Waals surface area contributed by atoms with Gasteiger partial charge in [-0.25, -0.2) is 0 Å². The van der Waals surface area contributed by atoms with Crippen LogP contribution in [-0.4, -0.2) is 38.5 Å². The number of halogens is 1. The summed E-state index contributed by atoms with van der Waals surface area (Å²) in [7, 11) is 1.84. The predicted molar refractivity (Wildman–Crippen MR) is 71.3 cm³/mol. The smallest absolute Gasteiger partial charge is 0.220 e. The number of rotatable bonds is 9. The van der Waals surface area contributed by atoms with Gasteiger partial charge in [-0.1, -0.05) is 6.92 Å². The van der Waals surface area contributed by atoms with Gasteiger partial charge in [0.25, 0.3) is 0 Å². The maximum Gasteiger partial charge on any atom is 0.220 e. The second-order valence-electron chi connectivity index (χ2n) is 3.66. The minimum Gasteiger partial charge on any atom is -0.356 e. The lowest BCUT2D eigenvalue weighted by Crippen LogP contribution is -2.30.